The highest BCUT2D eigenvalue weighted by Crippen LogP contribution is 2.19. The van der Waals surface area contributed by atoms with Crippen LogP contribution >= 0.6 is 15.9 Å². The highest BCUT2D eigenvalue weighted by atomic mass is 79.9. The monoisotopic (exact) mass is 475 g/mol. The Bertz CT molecular complexity index is 1010. The zero-order chi connectivity index (χ0) is 20.7. The first-order valence-corrected chi connectivity index (χ1v) is 11.4. The lowest BCUT2D eigenvalue weighted by Crippen LogP contribution is -2.23. The smallest absolute Gasteiger partial charge is 0.261 e. The number of benzene rings is 2. The third-order valence-corrected chi connectivity index (χ3v) is 6.25. The summed E-state index contributed by atoms with van der Waals surface area (Å²) in [4.78, 5) is 4.21. The lowest BCUT2D eigenvalue weighted by atomic mass is 10.1. The summed E-state index contributed by atoms with van der Waals surface area (Å²) >= 11 is 3.30. The van der Waals surface area contributed by atoms with Crippen molar-refractivity contribution in [3.8, 4) is 0 Å². The SMILES string of the molecule is O=S(=O)(Nc1ccc(CCNC[C@H](O)c2cccnc2)cc1)c1ccc(Br)cc1. The Hall–Kier alpha value is -2.26. The molecule has 0 amide bonds. The number of nitrogens with zero attached hydrogens (tertiary/aromatic N) is 1. The molecule has 1 heterocycles. The molecule has 0 aliphatic carbocycles. The van der Waals surface area contributed by atoms with Crippen LogP contribution in [0.15, 0.2) is 82.4 Å². The average Bonchev–Trinajstić information content (AvgIpc) is 2.73. The van der Waals surface area contributed by atoms with E-state index in [0.717, 1.165) is 22.0 Å². The zero-order valence-electron chi connectivity index (χ0n) is 15.6. The fourth-order valence-corrected chi connectivity index (χ4v) is 4.05. The van der Waals surface area contributed by atoms with Crippen LogP contribution < -0.4 is 10.0 Å². The quantitative estimate of drug-likeness (QED) is 0.412. The number of rotatable bonds is 9. The van der Waals surface area contributed by atoms with E-state index < -0.39 is 16.1 Å². The molecule has 0 aliphatic rings. The van der Waals surface area contributed by atoms with Gasteiger partial charge < -0.3 is 10.4 Å². The average molecular weight is 476 g/mol. The third-order valence-electron chi connectivity index (χ3n) is 4.33. The second kappa shape index (κ2) is 9.98. The zero-order valence-corrected chi connectivity index (χ0v) is 18.0. The predicted octanol–water partition coefficient (Wildman–Crippen LogP) is 3.51. The molecule has 6 nitrogen and oxygen atoms in total. The number of nitrogens with one attached hydrogen (secondary N) is 2. The molecular weight excluding hydrogens is 454 g/mol. The molecule has 0 radical (unpaired) electrons. The van der Waals surface area contributed by atoms with Crippen LogP contribution in [-0.4, -0.2) is 31.6 Å². The van der Waals surface area contributed by atoms with Gasteiger partial charge in [0, 0.05) is 34.7 Å². The van der Waals surface area contributed by atoms with Gasteiger partial charge in [0.25, 0.3) is 10.0 Å². The van der Waals surface area contributed by atoms with Crippen molar-refractivity contribution in [3.63, 3.8) is 0 Å². The third kappa shape index (κ3) is 6.37. The maximum Gasteiger partial charge on any atom is 0.261 e. The molecule has 2 aromatic carbocycles. The summed E-state index contributed by atoms with van der Waals surface area (Å²) in [6.07, 6.45) is 3.49. The van der Waals surface area contributed by atoms with Crippen molar-refractivity contribution in [2.24, 2.45) is 0 Å². The number of hydrogen-bond acceptors (Lipinski definition) is 5. The molecule has 0 bridgehead atoms. The van der Waals surface area contributed by atoms with Gasteiger partial charge in [-0.1, -0.05) is 34.1 Å². The second-order valence-corrected chi connectivity index (χ2v) is 9.11. The lowest BCUT2D eigenvalue weighted by molar-refractivity contribution is 0.174. The Kier molecular flexibility index (Phi) is 7.38. The van der Waals surface area contributed by atoms with Crippen LogP contribution in [0.1, 0.15) is 17.2 Å². The number of aliphatic hydroxyl groups excluding tert-OH is 1. The van der Waals surface area contributed by atoms with E-state index in [1.807, 2.05) is 18.2 Å². The molecule has 0 aliphatic heterocycles. The number of halogens is 1. The van der Waals surface area contributed by atoms with Crippen LogP contribution in [0.5, 0.6) is 0 Å². The topological polar surface area (TPSA) is 91.3 Å². The van der Waals surface area contributed by atoms with E-state index >= 15 is 0 Å². The van der Waals surface area contributed by atoms with E-state index in [4.69, 9.17) is 0 Å². The summed E-state index contributed by atoms with van der Waals surface area (Å²) in [5.74, 6) is 0. The number of aliphatic hydroxyl groups is 1. The largest absolute Gasteiger partial charge is 0.387 e. The Morgan fingerprint density at radius 1 is 1.03 bits per heavy atom. The second-order valence-electron chi connectivity index (χ2n) is 6.51. The first-order valence-electron chi connectivity index (χ1n) is 9.10. The summed E-state index contributed by atoms with van der Waals surface area (Å²) in [6, 6.07) is 17.4. The lowest BCUT2D eigenvalue weighted by Gasteiger charge is -2.12. The number of pyridine rings is 1. The van der Waals surface area contributed by atoms with Gasteiger partial charge in [0.2, 0.25) is 0 Å². The van der Waals surface area contributed by atoms with E-state index in [-0.39, 0.29) is 4.90 Å². The summed E-state index contributed by atoms with van der Waals surface area (Å²) in [5.41, 5.74) is 2.36. The maximum atomic E-state index is 12.4. The van der Waals surface area contributed by atoms with Crippen molar-refractivity contribution < 1.29 is 13.5 Å². The summed E-state index contributed by atoms with van der Waals surface area (Å²) in [6.45, 7) is 1.14. The van der Waals surface area contributed by atoms with Crippen LogP contribution in [0, 0.1) is 0 Å². The molecule has 0 saturated heterocycles. The van der Waals surface area contributed by atoms with E-state index in [1.165, 1.54) is 0 Å². The number of sulfonamides is 1. The van der Waals surface area contributed by atoms with E-state index in [9.17, 15) is 13.5 Å². The Labute approximate surface area is 179 Å². The van der Waals surface area contributed by atoms with Crippen molar-refractivity contribution in [2.75, 3.05) is 17.8 Å². The van der Waals surface area contributed by atoms with Gasteiger partial charge in [-0.25, -0.2) is 8.42 Å². The fourth-order valence-electron chi connectivity index (χ4n) is 2.73. The highest BCUT2D eigenvalue weighted by molar-refractivity contribution is 9.10. The number of aromatic nitrogens is 1. The highest BCUT2D eigenvalue weighted by Gasteiger charge is 2.13. The molecule has 0 unspecified atom stereocenters. The van der Waals surface area contributed by atoms with Crippen molar-refractivity contribution in [1.29, 1.82) is 0 Å². The molecule has 1 aromatic heterocycles. The van der Waals surface area contributed by atoms with Crippen LogP contribution in [-0.2, 0) is 16.4 Å². The Morgan fingerprint density at radius 3 is 2.41 bits per heavy atom. The van der Waals surface area contributed by atoms with Gasteiger partial charge in [0.05, 0.1) is 11.0 Å². The first kappa shape index (κ1) is 21.4. The Morgan fingerprint density at radius 2 is 1.76 bits per heavy atom. The fraction of sp³-hybridized carbons (Fsp3) is 0.190. The van der Waals surface area contributed by atoms with Crippen molar-refractivity contribution in [2.45, 2.75) is 17.4 Å². The normalized spacial score (nSPS) is 12.5. The molecule has 0 saturated carbocycles. The van der Waals surface area contributed by atoms with Crippen molar-refractivity contribution in [1.82, 2.24) is 10.3 Å². The molecule has 0 fully saturated rings. The molecule has 3 rings (SSSR count). The predicted molar refractivity (Wildman–Crippen MR) is 117 cm³/mol. The molecular formula is C21H22BrN3O3S. The van der Waals surface area contributed by atoms with Crippen LogP contribution in [0.3, 0.4) is 0 Å². The van der Waals surface area contributed by atoms with Crippen LogP contribution in [0.4, 0.5) is 5.69 Å². The van der Waals surface area contributed by atoms with E-state index in [0.29, 0.717) is 18.8 Å². The van der Waals surface area contributed by atoms with Gasteiger partial charge in [-0.05, 0) is 61.0 Å². The molecule has 3 N–H and O–H groups in total. The van der Waals surface area contributed by atoms with Gasteiger partial charge in [-0.3, -0.25) is 9.71 Å². The van der Waals surface area contributed by atoms with Crippen LogP contribution in [0.25, 0.3) is 0 Å². The summed E-state index contributed by atoms with van der Waals surface area (Å²) in [5, 5.41) is 13.3. The van der Waals surface area contributed by atoms with Gasteiger partial charge in [-0.2, -0.15) is 0 Å². The molecule has 152 valence electrons. The van der Waals surface area contributed by atoms with Crippen molar-refractivity contribution in [3.05, 3.63) is 88.7 Å². The minimum Gasteiger partial charge on any atom is -0.387 e. The molecule has 8 heteroatoms. The van der Waals surface area contributed by atoms with Gasteiger partial charge in [-0.15, -0.1) is 0 Å². The van der Waals surface area contributed by atoms with Crippen molar-refractivity contribution >= 4 is 31.6 Å². The molecule has 3 aromatic rings. The van der Waals surface area contributed by atoms with Gasteiger partial charge >= 0.3 is 0 Å². The van der Waals surface area contributed by atoms with Gasteiger partial charge in [0.1, 0.15) is 0 Å². The number of anilines is 1. The molecule has 29 heavy (non-hydrogen) atoms. The standard InChI is InChI=1S/C21H22BrN3O3S/c22-18-5-9-20(10-6-18)29(27,28)25-19-7-3-16(4-8-19)11-13-24-15-21(26)17-2-1-12-23-14-17/h1-10,12,14,21,24-26H,11,13,15H2/t21-/m0/s1. The summed E-state index contributed by atoms with van der Waals surface area (Å²) in [7, 11) is -3.62. The van der Waals surface area contributed by atoms with E-state index in [1.54, 1.807) is 54.9 Å². The maximum absolute atomic E-state index is 12.4. The minimum atomic E-state index is -3.62. The first-order chi connectivity index (χ1) is 13.9. The summed E-state index contributed by atoms with van der Waals surface area (Å²) < 4.78 is 28.3. The van der Waals surface area contributed by atoms with E-state index in [2.05, 4.69) is 31.0 Å². The molecule has 1 atom stereocenters. The Balaban J connectivity index is 1.48. The molecule has 0 spiro atoms. The minimum absolute atomic E-state index is 0.209. The van der Waals surface area contributed by atoms with Crippen LogP contribution in [0.2, 0.25) is 0 Å². The number of hydrogen-bond donors (Lipinski definition) is 3. The van der Waals surface area contributed by atoms with Gasteiger partial charge in [0.15, 0.2) is 0 Å².